The van der Waals surface area contributed by atoms with Crippen molar-refractivity contribution < 1.29 is 19.1 Å². The maximum atomic E-state index is 13.5. The number of likely N-dealkylation sites (tertiary alicyclic amines) is 1. The summed E-state index contributed by atoms with van der Waals surface area (Å²) >= 11 is 0. The van der Waals surface area contributed by atoms with E-state index in [1.165, 1.54) is 11.3 Å². The number of fused-ring (bicyclic) bond motifs is 1. The van der Waals surface area contributed by atoms with Gasteiger partial charge in [-0.05, 0) is 49.7 Å². The summed E-state index contributed by atoms with van der Waals surface area (Å²) < 4.78 is 6.12. The van der Waals surface area contributed by atoms with Crippen LogP contribution in [0.2, 0.25) is 0 Å². The molecule has 1 aromatic heterocycles. The fourth-order valence-electron chi connectivity index (χ4n) is 7.24. The van der Waals surface area contributed by atoms with Gasteiger partial charge in [0, 0.05) is 38.9 Å². The summed E-state index contributed by atoms with van der Waals surface area (Å²) in [5.41, 5.74) is 0. The van der Waals surface area contributed by atoms with Gasteiger partial charge in [0.25, 0.3) is 0 Å². The molecule has 0 spiro atoms. The molecular weight excluding hydrogens is 468 g/mol. The molecule has 2 saturated carbocycles. The maximum absolute atomic E-state index is 13.5. The van der Waals surface area contributed by atoms with Crippen LogP contribution in [0.1, 0.15) is 44.9 Å². The molecule has 2 amide bonds. The van der Waals surface area contributed by atoms with Crippen LogP contribution < -0.4 is 4.90 Å². The van der Waals surface area contributed by atoms with Gasteiger partial charge < -0.3 is 9.64 Å². The first-order valence-electron chi connectivity index (χ1n) is 14.2. The summed E-state index contributed by atoms with van der Waals surface area (Å²) in [4.78, 5) is 50.5. The normalized spacial score (nSPS) is 31.0. The van der Waals surface area contributed by atoms with Gasteiger partial charge in [0.1, 0.15) is 11.9 Å². The summed E-state index contributed by atoms with van der Waals surface area (Å²) in [5, 5.41) is 0. The minimum atomic E-state index is -0.505. The average Bonchev–Trinajstić information content (AvgIpc) is 3.22. The van der Waals surface area contributed by atoms with Gasteiger partial charge in [-0.25, -0.2) is 4.98 Å². The molecule has 37 heavy (non-hydrogen) atoms. The van der Waals surface area contributed by atoms with Crippen LogP contribution in [0.5, 0.6) is 0 Å². The summed E-state index contributed by atoms with van der Waals surface area (Å²) in [5.74, 6) is 0.501. The quantitative estimate of drug-likeness (QED) is 0.319. The zero-order valence-electron chi connectivity index (χ0n) is 21.5. The minimum absolute atomic E-state index is 0.0623. The Balaban J connectivity index is 1.14. The van der Waals surface area contributed by atoms with E-state index < -0.39 is 6.10 Å². The number of amides is 2. The number of anilines is 1. The number of esters is 1. The smallest absolute Gasteiger partial charge is 0.309 e. The van der Waals surface area contributed by atoms with Crippen molar-refractivity contribution in [3.8, 4) is 0 Å². The van der Waals surface area contributed by atoms with Crippen molar-refractivity contribution in [3.63, 3.8) is 0 Å². The van der Waals surface area contributed by atoms with Crippen LogP contribution in [0.25, 0.3) is 0 Å². The van der Waals surface area contributed by atoms with Crippen LogP contribution in [-0.2, 0) is 19.1 Å². The molecule has 6 aliphatic rings. The molecule has 4 aliphatic carbocycles. The van der Waals surface area contributed by atoms with Crippen LogP contribution in [0.15, 0.2) is 36.5 Å². The van der Waals surface area contributed by atoms with Gasteiger partial charge in [-0.2, -0.15) is 0 Å². The first-order valence-corrected chi connectivity index (χ1v) is 14.2. The Morgan fingerprint density at radius 3 is 2.16 bits per heavy atom. The minimum Gasteiger partial charge on any atom is -0.459 e. The third kappa shape index (κ3) is 4.92. The van der Waals surface area contributed by atoms with Crippen molar-refractivity contribution in [2.45, 2.75) is 51.0 Å². The molecule has 7 rings (SSSR count). The molecule has 0 aromatic carbocycles. The fraction of sp³-hybridized carbons (Fsp3) is 0.655. The van der Waals surface area contributed by atoms with E-state index >= 15 is 0 Å². The standard InChI is InChI=1S/C29H38N4O4/c34-27-25-20-9-10-21(12-11-20)26(25)28(35)33(27)19-23(37-29(36)22-6-2-1-3-7-22)18-31-14-16-32(17-15-31)24-8-4-5-13-30-24/h4-5,8-10,13,20-23,25-26H,1-3,6-7,11-12,14-19H2. The molecule has 5 unspecified atom stereocenters. The van der Waals surface area contributed by atoms with Crippen molar-refractivity contribution in [1.29, 1.82) is 0 Å². The van der Waals surface area contributed by atoms with Crippen LogP contribution in [0, 0.1) is 29.6 Å². The molecular formula is C29H38N4O4. The highest BCUT2D eigenvalue weighted by atomic mass is 16.5. The largest absolute Gasteiger partial charge is 0.459 e. The number of carbonyl (C=O) groups is 3. The molecule has 5 atom stereocenters. The zero-order valence-corrected chi connectivity index (χ0v) is 21.5. The van der Waals surface area contributed by atoms with Crippen molar-refractivity contribution >= 4 is 23.6 Å². The van der Waals surface area contributed by atoms with Crippen LogP contribution in [0.4, 0.5) is 5.82 Å². The Bertz CT molecular complexity index is 1000. The molecule has 4 fully saturated rings. The van der Waals surface area contributed by atoms with Crippen molar-refractivity contribution in [3.05, 3.63) is 36.5 Å². The van der Waals surface area contributed by atoms with E-state index in [1.807, 2.05) is 24.4 Å². The Kier molecular flexibility index (Phi) is 7.02. The van der Waals surface area contributed by atoms with Gasteiger partial charge in [-0.3, -0.25) is 24.2 Å². The number of hydrogen-bond acceptors (Lipinski definition) is 7. The number of hydrogen-bond donors (Lipinski definition) is 0. The lowest BCUT2D eigenvalue weighted by molar-refractivity contribution is -0.160. The highest BCUT2D eigenvalue weighted by Gasteiger charge is 2.56. The number of imide groups is 1. The predicted molar refractivity (Wildman–Crippen MR) is 138 cm³/mol. The van der Waals surface area contributed by atoms with Crippen molar-refractivity contribution in [1.82, 2.24) is 14.8 Å². The van der Waals surface area contributed by atoms with E-state index in [0.717, 1.165) is 70.5 Å². The van der Waals surface area contributed by atoms with Gasteiger partial charge in [-0.1, -0.05) is 37.5 Å². The van der Waals surface area contributed by atoms with E-state index in [2.05, 4.69) is 26.9 Å². The fourth-order valence-corrected chi connectivity index (χ4v) is 7.24. The monoisotopic (exact) mass is 506 g/mol. The lowest BCUT2D eigenvalue weighted by Gasteiger charge is -2.38. The zero-order chi connectivity index (χ0) is 25.4. The highest BCUT2D eigenvalue weighted by molar-refractivity contribution is 6.06. The first-order chi connectivity index (χ1) is 18.1. The second-order valence-corrected chi connectivity index (χ2v) is 11.5. The molecule has 8 heteroatoms. The highest BCUT2D eigenvalue weighted by Crippen LogP contribution is 2.49. The molecule has 0 N–H and O–H groups in total. The summed E-state index contributed by atoms with van der Waals surface area (Å²) in [6.07, 6.45) is 12.6. The molecule has 3 heterocycles. The lowest BCUT2D eigenvalue weighted by Crippen LogP contribution is -2.52. The second kappa shape index (κ2) is 10.6. The first kappa shape index (κ1) is 24.6. The van der Waals surface area contributed by atoms with Crippen molar-refractivity contribution in [2.75, 3.05) is 44.2 Å². The van der Waals surface area contributed by atoms with E-state index in [9.17, 15) is 14.4 Å². The van der Waals surface area contributed by atoms with E-state index in [1.54, 1.807) is 0 Å². The molecule has 0 radical (unpaired) electrons. The van der Waals surface area contributed by atoms with E-state index in [4.69, 9.17) is 4.74 Å². The number of rotatable bonds is 7. The van der Waals surface area contributed by atoms with Crippen molar-refractivity contribution in [2.24, 2.45) is 29.6 Å². The number of pyridine rings is 1. The average molecular weight is 507 g/mol. The molecule has 8 nitrogen and oxygen atoms in total. The summed E-state index contributed by atoms with van der Waals surface area (Å²) in [6, 6.07) is 5.94. The van der Waals surface area contributed by atoms with Crippen LogP contribution in [-0.4, -0.2) is 77.9 Å². The number of nitrogens with zero attached hydrogens (tertiary/aromatic N) is 4. The lowest BCUT2D eigenvalue weighted by atomic mass is 9.63. The Morgan fingerprint density at radius 1 is 0.892 bits per heavy atom. The number of piperazine rings is 1. The SMILES string of the molecule is O=C(OC(CN1CCN(c2ccccn2)CC1)CN1C(=O)C2C3C=CC(CC3)C2C1=O)C1CCCCC1. The topological polar surface area (TPSA) is 83.1 Å². The molecule has 2 saturated heterocycles. The van der Waals surface area contributed by atoms with E-state index in [0.29, 0.717) is 6.54 Å². The second-order valence-electron chi connectivity index (χ2n) is 11.5. The van der Waals surface area contributed by atoms with Crippen LogP contribution >= 0.6 is 0 Å². The van der Waals surface area contributed by atoms with E-state index in [-0.39, 0.29) is 53.9 Å². The number of ether oxygens (including phenoxy) is 1. The molecule has 2 aliphatic heterocycles. The molecule has 1 aromatic rings. The predicted octanol–water partition coefficient (Wildman–Crippen LogP) is 2.89. The Hall–Kier alpha value is -2.74. The molecule has 198 valence electrons. The van der Waals surface area contributed by atoms with Gasteiger partial charge in [0.15, 0.2) is 0 Å². The van der Waals surface area contributed by atoms with Gasteiger partial charge in [-0.15, -0.1) is 0 Å². The Morgan fingerprint density at radius 2 is 1.57 bits per heavy atom. The summed E-state index contributed by atoms with van der Waals surface area (Å²) in [6.45, 7) is 4.00. The molecule has 2 bridgehead atoms. The number of allylic oxidation sites excluding steroid dienone is 2. The number of aromatic nitrogens is 1. The summed E-state index contributed by atoms with van der Waals surface area (Å²) in [7, 11) is 0. The Labute approximate surface area is 219 Å². The maximum Gasteiger partial charge on any atom is 0.309 e. The van der Waals surface area contributed by atoms with Gasteiger partial charge >= 0.3 is 5.97 Å². The van der Waals surface area contributed by atoms with Crippen LogP contribution in [0.3, 0.4) is 0 Å². The van der Waals surface area contributed by atoms with Gasteiger partial charge in [0.2, 0.25) is 11.8 Å². The third-order valence-electron chi connectivity index (χ3n) is 9.27. The third-order valence-corrected chi connectivity index (χ3v) is 9.27. The number of carbonyl (C=O) groups excluding carboxylic acids is 3. The van der Waals surface area contributed by atoms with Gasteiger partial charge in [0.05, 0.1) is 24.3 Å².